The van der Waals surface area contributed by atoms with Gasteiger partial charge >= 0.3 is 5.97 Å². The summed E-state index contributed by atoms with van der Waals surface area (Å²) in [4.78, 5) is 16.4. The normalized spacial score (nSPS) is 12.0. The van der Waals surface area contributed by atoms with E-state index in [1.54, 1.807) is 29.1 Å². The molecule has 0 aliphatic carbocycles. The van der Waals surface area contributed by atoms with Crippen molar-refractivity contribution in [3.63, 3.8) is 0 Å². The number of carbonyl (C=O) groups excluding carboxylic acids is 1. The van der Waals surface area contributed by atoms with Gasteiger partial charge in [-0.3, -0.25) is 9.27 Å². The molecule has 0 aliphatic rings. The Balaban J connectivity index is 1.89. The van der Waals surface area contributed by atoms with Gasteiger partial charge in [0.2, 0.25) is 5.13 Å². The zero-order valence-corrected chi connectivity index (χ0v) is 21.6. The third kappa shape index (κ3) is 6.36. The first kappa shape index (κ1) is 24.8. The molecule has 2 aromatic heterocycles. The standard InChI is InChI=1S/C21H25IN4O4S2/c1-3-5-6-7-17-16(12-14-8-10-15(11-9-14)25-32(28)29)19(22)26(24-17)21-23-18(13-31-21)20(27)30-4-2/h8-11,13,25H,3-7,12H2,1-2H3,(H,28,29). The lowest BCUT2D eigenvalue weighted by Gasteiger charge is -2.06. The fourth-order valence-corrected chi connectivity index (χ4v) is 5.26. The highest BCUT2D eigenvalue weighted by Crippen LogP contribution is 2.27. The summed E-state index contributed by atoms with van der Waals surface area (Å²) in [6.45, 7) is 4.24. The Labute approximate surface area is 207 Å². The molecule has 1 aromatic carbocycles. The van der Waals surface area contributed by atoms with Crippen LogP contribution >= 0.6 is 33.9 Å². The number of aryl methyl sites for hydroxylation is 1. The molecule has 0 spiro atoms. The Hall–Kier alpha value is -1.83. The number of nitrogens with zero attached hydrogens (tertiary/aromatic N) is 3. The van der Waals surface area contributed by atoms with Crippen molar-refractivity contribution >= 4 is 56.9 Å². The van der Waals surface area contributed by atoms with Crippen LogP contribution in [0.3, 0.4) is 0 Å². The molecule has 0 saturated carbocycles. The second-order valence-corrected chi connectivity index (χ2v) is 9.61. The second-order valence-electron chi connectivity index (χ2n) is 7.05. The monoisotopic (exact) mass is 588 g/mol. The lowest BCUT2D eigenvalue weighted by molar-refractivity contribution is 0.0520. The molecular weight excluding hydrogens is 563 g/mol. The Bertz CT molecular complexity index is 1080. The molecule has 1 unspecified atom stereocenters. The quantitative estimate of drug-likeness (QED) is 0.142. The van der Waals surface area contributed by atoms with E-state index in [2.05, 4.69) is 39.2 Å². The predicted molar refractivity (Wildman–Crippen MR) is 135 cm³/mol. The molecule has 2 heterocycles. The van der Waals surface area contributed by atoms with Crippen molar-refractivity contribution in [1.29, 1.82) is 0 Å². The minimum atomic E-state index is -2.10. The number of esters is 1. The number of hydrogen-bond acceptors (Lipinski definition) is 6. The van der Waals surface area contributed by atoms with Gasteiger partial charge in [-0.2, -0.15) is 9.78 Å². The number of aromatic nitrogens is 3. The molecule has 0 aliphatic heterocycles. The van der Waals surface area contributed by atoms with E-state index in [9.17, 15) is 9.00 Å². The van der Waals surface area contributed by atoms with E-state index in [1.165, 1.54) is 11.3 Å². The third-order valence-corrected chi connectivity index (χ3v) is 7.05. The number of benzene rings is 1. The van der Waals surface area contributed by atoms with E-state index in [0.29, 0.717) is 23.8 Å². The van der Waals surface area contributed by atoms with Crippen molar-refractivity contribution in [2.24, 2.45) is 0 Å². The molecule has 0 fully saturated rings. The fraction of sp³-hybridized carbons (Fsp3) is 0.381. The summed E-state index contributed by atoms with van der Waals surface area (Å²) in [5.41, 5.74) is 4.09. The highest BCUT2D eigenvalue weighted by Gasteiger charge is 2.20. The van der Waals surface area contributed by atoms with Crippen molar-refractivity contribution in [3.05, 3.63) is 55.9 Å². The number of rotatable bonds is 11. The molecule has 0 bridgehead atoms. The second kappa shape index (κ2) is 11.9. The number of halogens is 1. The highest BCUT2D eigenvalue weighted by molar-refractivity contribution is 14.1. The van der Waals surface area contributed by atoms with Crippen LogP contribution < -0.4 is 4.72 Å². The van der Waals surface area contributed by atoms with Gasteiger partial charge in [0.15, 0.2) is 5.69 Å². The van der Waals surface area contributed by atoms with Gasteiger partial charge in [0.05, 0.1) is 12.3 Å². The van der Waals surface area contributed by atoms with Gasteiger partial charge in [0, 0.05) is 23.1 Å². The first-order chi connectivity index (χ1) is 15.4. The molecule has 32 heavy (non-hydrogen) atoms. The molecular formula is C21H25IN4O4S2. The number of carbonyl (C=O) groups is 1. The summed E-state index contributed by atoms with van der Waals surface area (Å²) in [7, 11) is 0. The van der Waals surface area contributed by atoms with E-state index in [-0.39, 0.29) is 5.69 Å². The number of anilines is 1. The number of nitrogens with one attached hydrogen (secondary N) is 1. The summed E-state index contributed by atoms with van der Waals surface area (Å²) in [6.07, 6.45) is 4.85. The number of thiazole rings is 1. The smallest absolute Gasteiger partial charge is 0.357 e. The highest BCUT2D eigenvalue weighted by atomic mass is 127. The molecule has 1 atom stereocenters. The molecule has 0 radical (unpaired) electrons. The minimum absolute atomic E-state index is 0.289. The molecule has 8 nitrogen and oxygen atoms in total. The van der Waals surface area contributed by atoms with Crippen LogP contribution in [0.1, 0.15) is 60.4 Å². The summed E-state index contributed by atoms with van der Waals surface area (Å²) in [5, 5.41) is 7.17. The first-order valence-electron chi connectivity index (χ1n) is 10.3. The summed E-state index contributed by atoms with van der Waals surface area (Å²) < 4.78 is 30.2. The van der Waals surface area contributed by atoms with E-state index in [4.69, 9.17) is 14.4 Å². The molecule has 3 aromatic rings. The summed E-state index contributed by atoms with van der Waals surface area (Å²) in [6, 6.07) is 7.43. The fourth-order valence-electron chi connectivity index (χ4n) is 3.17. The number of unbranched alkanes of at least 4 members (excludes halogenated alkanes) is 2. The Morgan fingerprint density at radius 3 is 2.69 bits per heavy atom. The Kier molecular flexibility index (Phi) is 9.20. The zero-order valence-electron chi connectivity index (χ0n) is 17.8. The lowest BCUT2D eigenvalue weighted by atomic mass is 10.0. The molecule has 11 heteroatoms. The molecule has 2 N–H and O–H groups in total. The molecule has 0 amide bonds. The summed E-state index contributed by atoms with van der Waals surface area (Å²) in [5.74, 6) is -0.432. The molecule has 172 valence electrons. The van der Waals surface area contributed by atoms with Crippen molar-refractivity contribution in [2.75, 3.05) is 11.3 Å². The third-order valence-electron chi connectivity index (χ3n) is 4.72. The SMILES string of the molecule is CCCCCc1nn(-c2nc(C(=O)OCC)cs2)c(I)c1Cc1ccc(NS(=O)O)cc1. The van der Waals surface area contributed by atoms with Crippen LogP contribution in [0.4, 0.5) is 5.69 Å². The average molecular weight is 588 g/mol. The Morgan fingerprint density at radius 1 is 1.28 bits per heavy atom. The van der Waals surface area contributed by atoms with Gasteiger partial charge in [0.1, 0.15) is 3.70 Å². The number of hydrogen-bond donors (Lipinski definition) is 2. The number of ether oxygens (including phenoxy) is 1. The zero-order chi connectivity index (χ0) is 23.1. The molecule has 0 saturated heterocycles. The predicted octanol–water partition coefficient (Wildman–Crippen LogP) is 4.98. The van der Waals surface area contributed by atoms with Crippen LogP contribution in [0.2, 0.25) is 0 Å². The molecule has 3 rings (SSSR count). The van der Waals surface area contributed by atoms with Crippen LogP contribution in [0.15, 0.2) is 29.6 Å². The van der Waals surface area contributed by atoms with Gasteiger partial charge < -0.3 is 4.74 Å². The van der Waals surface area contributed by atoms with E-state index >= 15 is 0 Å². The topological polar surface area (TPSA) is 106 Å². The van der Waals surface area contributed by atoms with Gasteiger partial charge in [-0.25, -0.2) is 14.0 Å². The van der Waals surface area contributed by atoms with Crippen LogP contribution in [-0.4, -0.2) is 36.1 Å². The van der Waals surface area contributed by atoms with E-state index in [0.717, 1.165) is 46.2 Å². The van der Waals surface area contributed by atoms with Gasteiger partial charge in [-0.1, -0.05) is 31.9 Å². The largest absolute Gasteiger partial charge is 0.461 e. The van der Waals surface area contributed by atoms with Crippen molar-refractivity contribution < 1.29 is 18.3 Å². The van der Waals surface area contributed by atoms with Gasteiger partial charge in [-0.05, 0) is 60.1 Å². The van der Waals surface area contributed by atoms with Crippen molar-refractivity contribution in [2.45, 2.75) is 46.0 Å². The average Bonchev–Trinajstić information content (AvgIpc) is 3.36. The van der Waals surface area contributed by atoms with Crippen LogP contribution in [0.25, 0.3) is 5.13 Å². The maximum atomic E-state index is 12.0. The van der Waals surface area contributed by atoms with Crippen LogP contribution in [0, 0.1) is 3.70 Å². The van der Waals surface area contributed by atoms with Gasteiger partial charge in [0.25, 0.3) is 11.3 Å². The van der Waals surface area contributed by atoms with E-state index < -0.39 is 17.2 Å². The van der Waals surface area contributed by atoms with Crippen molar-refractivity contribution in [3.8, 4) is 5.13 Å². The first-order valence-corrected chi connectivity index (χ1v) is 13.3. The van der Waals surface area contributed by atoms with Crippen molar-refractivity contribution in [1.82, 2.24) is 14.8 Å². The van der Waals surface area contributed by atoms with Gasteiger partial charge in [-0.15, -0.1) is 11.3 Å². The Morgan fingerprint density at radius 2 is 2.03 bits per heavy atom. The van der Waals surface area contributed by atoms with Crippen LogP contribution in [0.5, 0.6) is 0 Å². The van der Waals surface area contributed by atoms with E-state index in [1.807, 2.05) is 12.1 Å². The maximum absolute atomic E-state index is 12.0. The summed E-state index contributed by atoms with van der Waals surface area (Å²) >= 11 is 1.55. The minimum Gasteiger partial charge on any atom is -0.461 e. The van der Waals surface area contributed by atoms with Crippen LogP contribution in [-0.2, 0) is 28.8 Å². The lowest BCUT2D eigenvalue weighted by Crippen LogP contribution is -2.06. The maximum Gasteiger partial charge on any atom is 0.357 e.